The fourth-order valence-corrected chi connectivity index (χ4v) is 5.63. The molecule has 0 saturated heterocycles. The number of aryl methyl sites for hydroxylation is 1. The van der Waals surface area contributed by atoms with Crippen LogP contribution in [0.3, 0.4) is 0 Å². The lowest BCUT2D eigenvalue weighted by Gasteiger charge is -2.19. The molecular weight excluding hydrogens is 412 g/mol. The van der Waals surface area contributed by atoms with Crippen molar-refractivity contribution in [1.29, 1.82) is 0 Å². The average Bonchev–Trinajstić information content (AvgIpc) is 3.05. The van der Waals surface area contributed by atoms with Gasteiger partial charge in [0.2, 0.25) is 10.0 Å². The maximum Gasteiger partial charge on any atom is 0.308 e. The van der Waals surface area contributed by atoms with Crippen molar-refractivity contribution >= 4 is 31.6 Å². The number of aromatic nitrogens is 1. The molecule has 0 saturated carbocycles. The van der Waals surface area contributed by atoms with Crippen molar-refractivity contribution in [3.63, 3.8) is 0 Å². The van der Waals surface area contributed by atoms with E-state index >= 15 is 0 Å². The van der Waals surface area contributed by atoms with Crippen LogP contribution in [-0.4, -0.2) is 27.2 Å². The minimum Gasteiger partial charge on any atom is -0.493 e. The van der Waals surface area contributed by atoms with Crippen LogP contribution in [0.25, 0.3) is 10.2 Å². The molecule has 156 valence electrons. The van der Waals surface area contributed by atoms with Gasteiger partial charge in [-0.3, -0.25) is 9.36 Å². The van der Waals surface area contributed by atoms with Crippen molar-refractivity contribution in [2.75, 3.05) is 14.2 Å². The molecule has 0 bridgehead atoms. The van der Waals surface area contributed by atoms with E-state index in [1.165, 1.54) is 13.2 Å². The van der Waals surface area contributed by atoms with E-state index in [9.17, 15) is 13.2 Å². The van der Waals surface area contributed by atoms with E-state index in [-0.39, 0.29) is 9.77 Å². The molecule has 0 fully saturated rings. The number of ether oxygens (including phenoxy) is 2. The van der Waals surface area contributed by atoms with E-state index in [1.807, 2.05) is 19.9 Å². The van der Waals surface area contributed by atoms with Crippen molar-refractivity contribution in [3.05, 3.63) is 51.6 Å². The first-order valence-electron chi connectivity index (χ1n) is 9.22. The van der Waals surface area contributed by atoms with Gasteiger partial charge in [-0.25, -0.2) is 13.1 Å². The Kier molecular flexibility index (Phi) is 6.30. The van der Waals surface area contributed by atoms with Crippen LogP contribution >= 0.6 is 11.3 Å². The SMILES string of the molecule is CCC(NS(=O)(=O)c1ccc2c(c1)sc(=O)n2CC)c1ccc(OC)c(OC)c1. The second-order valence-electron chi connectivity index (χ2n) is 6.44. The van der Waals surface area contributed by atoms with Crippen LogP contribution in [0.4, 0.5) is 0 Å². The van der Waals surface area contributed by atoms with Crippen LogP contribution in [0.15, 0.2) is 46.1 Å². The summed E-state index contributed by atoms with van der Waals surface area (Å²) in [4.78, 5) is 12.1. The fraction of sp³-hybridized carbons (Fsp3) is 0.350. The first-order valence-corrected chi connectivity index (χ1v) is 11.5. The first kappa shape index (κ1) is 21.4. The van der Waals surface area contributed by atoms with Gasteiger partial charge in [0.1, 0.15) is 0 Å². The van der Waals surface area contributed by atoms with Crippen LogP contribution in [-0.2, 0) is 16.6 Å². The number of nitrogens with zero attached hydrogens (tertiary/aromatic N) is 1. The second-order valence-corrected chi connectivity index (χ2v) is 9.15. The van der Waals surface area contributed by atoms with E-state index in [4.69, 9.17) is 9.47 Å². The van der Waals surface area contributed by atoms with Crippen molar-refractivity contribution in [2.24, 2.45) is 0 Å². The minimum atomic E-state index is -3.78. The number of hydrogen-bond acceptors (Lipinski definition) is 6. The van der Waals surface area contributed by atoms with Gasteiger partial charge in [-0.1, -0.05) is 24.3 Å². The van der Waals surface area contributed by atoms with E-state index in [0.29, 0.717) is 29.2 Å². The summed E-state index contributed by atoms with van der Waals surface area (Å²) >= 11 is 1.05. The van der Waals surface area contributed by atoms with Crippen molar-refractivity contribution < 1.29 is 17.9 Å². The fourth-order valence-electron chi connectivity index (χ4n) is 3.23. The zero-order valence-electron chi connectivity index (χ0n) is 16.8. The first-order chi connectivity index (χ1) is 13.8. The highest BCUT2D eigenvalue weighted by Gasteiger charge is 2.22. The number of thiazole rings is 1. The largest absolute Gasteiger partial charge is 0.493 e. The Balaban J connectivity index is 1.95. The predicted molar refractivity (Wildman–Crippen MR) is 115 cm³/mol. The molecule has 1 N–H and O–H groups in total. The number of rotatable bonds is 8. The third kappa shape index (κ3) is 4.17. The molecule has 3 aromatic rings. The zero-order chi connectivity index (χ0) is 21.2. The molecule has 1 unspecified atom stereocenters. The van der Waals surface area contributed by atoms with Crippen molar-refractivity contribution in [2.45, 2.75) is 37.8 Å². The van der Waals surface area contributed by atoms with Crippen LogP contribution in [0.2, 0.25) is 0 Å². The summed E-state index contributed by atoms with van der Waals surface area (Å²) in [7, 11) is -0.697. The normalized spacial score (nSPS) is 12.8. The van der Waals surface area contributed by atoms with E-state index in [1.54, 1.807) is 35.9 Å². The smallest absolute Gasteiger partial charge is 0.308 e. The van der Waals surface area contributed by atoms with Gasteiger partial charge in [0, 0.05) is 12.6 Å². The molecular formula is C20H24N2O5S2. The third-order valence-corrected chi connectivity index (χ3v) is 7.19. The van der Waals surface area contributed by atoms with Gasteiger partial charge in [-0.05, 0) is 49.2 Å². The monoisotopic (exact) mass is 436 g/mol. The lowest BCUT2D eigenvalue weighted by atomic mass is 10.1. The van der Waals surface area contributed by atoms with Crippen molar-refractivity contribution in [1.82, 2.24) is 9.29 Å². The van der Waals surface area contributed by atoms with E-state index < -0.39 is 16.1 Å². The highest BCUT2D eigenvalue weighted by Crippen LogP contribution is 2.32. The summed E-state index contributed by atoms with van der Waals surface area (Å²) in [6.07, 6.45) is 0.552. The summed E-state index contributed by atoms with van der Waals surface area (Å²) < 4.78 is 41.6. The molecule has 1 heterocycles. The Hall–Kier alpha value is -2.36. The summed E-state index contributed by atoms with van der Waals surface area (Å²) in [5.74, 6) is 1.12. The third-order valence-electron chi connectivity index (χ3n) is 4.78. The van der Waals surface area contributed by atoms with Crippen LogP contribution in [0.5, 0.6) is 11.5 Å². The molecule has 0 aliphatic carbocycles. The van der Waals surface area contributed by atoms with Crippen LogP contribution in [0, 0.1) is 0 Å². The molecule has 2 aromatic carbocycles. The second kappa shape index (κ2) is 8.56. The summed E-state index contributed by atoms with van der Waals surface area (Å²) in [6, 6.07) is 9.67. The molecule has 29 heavy (non-hydrogen) atoms. The number of benzene rings is 2. The van der Waals surface area contributed by atoms with Crippen LogP contribution < -0.4 is 19.1 Å². The number of nitrogens with one attached hydrogen (secondary N) is 1. The Bertz CT molecular complexity index is 1180. The van der Waals surface area contributed by atoms with Crippen molar-refractivity contribution in [3.8, 4) is 11.5 Å². The molecule has 1 atom stereocenters. The molecule has 0 aliphatic rings. The van der Waals surface area contributed by atoms with E-state index in [2.05, 4.69) is 4.72 Å². The minimum absolute atomic E-state index is 0.0956. The van der Waals surface area contributed by atoms with Gasteiger partial charge in [0.25, 0.3) is 0 Å². The Labute approximate surface area is 173 Å². The average molecular weight is 437 g/mol. The number of methoxy groups -OCH3 is 2. The van der Waals surface area contributed by atoms with Gasteiger partial charge >= 0.3 is 4.87 Å². The maximum atomic E-state index is 13.0. The summed E-state index contributed by atoms with van der Waals surface area (Å²) in [6.45, 7) is 4.33. The lowest BCUT2D eigenvalue weighted by molar-refractivity contribution is 0.354. The maximum absolute atomic E-state index is 13.0. The molecule has 0 radical (unpaired) electrons. The topological polar surface area (TPSA) is 86.6 Å². The molecule has 0 amide bonds. The highest BCUT2D eigenvalue weighted by molar-refractivity contribution is 7.89. The molecule has 7 nitrogen and oxygen atoms in total. The number of hydrogen-bond donors (Lipinski definition) is 1. The quantitative estimate of drug-likeness (QED) is 0.584. The molecule has 3 rings (SSSR count). The van der Waals surface area contributed by atoms with Gasteiger partial charge in [0.05, 0.1) is 29.3 Å². The standard InChI is InChI=1S/C20H24N2O5S2/c1-5-15(13-7-10-17(26-3)18(11-13)27-4)21-29(24,25)14-8-9-16-19(12-14)28-20(23)22(16)6-2/h7-12,15,21H,5-6H2,1-4H3. The van der Waals surface area contributed by atoms with Gasteiger partial charge < -0.3 is 9.47 Å². The number of sulfonamides is 1. The highest BCUT2D eigenvalue weighted by atomic mass is 32.2. The Morgan fingerprint density at radius 3 is 2.41 bits per heavy atom. The summed E-state index contributed by atoms with van der Waals surface area (Å²) in [5.41, 5.74) is 1.52. The Morgan fingerprint density at radius 2 is 1.79 bits per heavy atom. The molecule has 0 aliphatic heterocycles. The predicted octanol–water partition coefficient (Wildman–Crippen LogP) is 3.53. The zero-order valence-corrected chi connectivity index (χ0v) is 18.4. The van der Waals surface area contributed by atoms with Gasteiger partial charge in [-0.15, -0.1) is 0 Å². The summed E-state index contributed by atoms with van der Waals surface area (Å²) in [5, 5.41) is 0. The number of fused-ring (bicyclic) bond motifs is 1. The molecule has 9 heteroatoms. The molecule has 0 spiro atoms. The Morgan fingerprint density at radius 1 is 1.07 bits per heavy atom. The van der Waals surface area contributed by atoms with Crippen LogP contribution in [0.1, 0.15) is 31.9 Å². The lowest BCUT2D eigenvalue weighted by Crippen LogP contribution is -2.28. The van der Waals surface area contributed by atoms with E-state index in [0.717, 1.165) is 22.4 Å². The van der Waals surface area contributed by atoms with Gasteiger partial charge in [0.15, 0.2) is 11.5 Å². The van der Waals surface area contributed by atoms with Gasteiger partial charge in [-0.2, -0.15) is 0 Å². The molecule has 1 aromatic heterocycles.